The van der Waals surface area contributed by atoms with Gasteiger partial charge in [-0.3, -0.25) is 4.79 Å². The van der Waals surface area contributed by atoms with E-state index in [1.54, 1.807) is 35.2 Å². The van der Waals surface area contributed by atoms with Crippen LogP contribution in [0, 0.1) is 6.92 Å². The van der Waals surface area contributed by atoms with Gasteiger partial charge >= 0.3 is 0 Å². The molecule has 0 atom stereocenters. The Morgan fingerprint density at radius 1 is 1.09 bits per heavy atom. The zero-order valence-corrected chi connectivity index (χ0v) is 19.2. The molecule has 2 aromatic heterocycles. The van der Waals surface area contributed by atoms with Crippen molar-refractivity contribution in [1.82, 2.24) is 15.1 Å². The Bertz CT molecular complexity index is 1240. The molecule has 1 N–H and O–H groups in total. The van der Waals surface area contributed by atoms with Crippen LogP contribution in [-0.2, 0) is 5.75 Å². The van der Waals surface area contributed by atoms with Crippen LogP contribution in [0.1, 0.15) is 21.1 Å². The number of carbonyl (C=O) groups excluding carboxylic acids is 1. The second-order valence-corrected chi connectivity index (χ2v) is 9.98. The van der Waals surface area contributed by atoms with Crippen LogP contribution in [0.4, 0.5) is 5.69 Å². The molecule has 0 spiro atoms. The predicted octanol–water partition coefficient (Wildman–Crippen LogP) is 4.55. The number of aromatic hydroxyl groups is 1. The van der Waals surface area contributed by atoms with E-state index >= 15 is 0 Å². The largest absolute Gasteiger partial charge is 0.508 e. The van der Waals surface area contributed by atoms with E-state index in [0.717, 1.165) is 44.7 Å². The summed E-state index contributed by atoms with van der Waals surface area (Å²) in [7, 11) is 0. The number of aromatic nitrogens is 2. The minimum Gasteiger partial charge on any atom is -0.508 e. The molecule has 5 rings (SSSR count). The third-order valence-corrected chi connectivity index (χ3v) is 7.52. The van der Waals surface area contributed by atoms with Crippen molar-refractivity contribution in [2.75, 3.05) is 31.1 Å². The molecule has 0 aliphatic carbocycles. The highest BCUT2D eigenvalue weighted by atomic mass is 32.2. The number of nitrogens with zero attached hydrogens (tertiary/aromatic N) is 4. The molecule has 2 aromatic carbocycles. The van der Waals surface area contributed by atoms with E-state index in [1.807, 2.05) is 48.2 Å². The predicted molar refractivity (Wildman–Crippen MR) is 127 cm³/mol. The Morgan fingerprint density at radius 2 is 1.84 bits per heavy atom. The first-order chi connectivity index (χ1) is 15.6. The lowest BCUT2D eigenvalue weighted by molar-refractivity contribution is 0.0716. The van der Waals surface area contributed by atoms with Gasteiger partial charge in [0, 0.05) is 48.6 Å². The number of thioether (sulfide) groups is 1. The fraction of sp³-hybridized carbons (Fsp3) is 0.261. The smallest absolute Gasteiger partial charge is 0.290 e. The van der Waals surface area contributed by atoms with Gasteiger partial charge in [0.05, 0.1) is 0 Å². The molecule has 3 heterocycles. The van der Waals surface area contributed by atoms with Crippen molar-refractivity contribution in [3.05, 3.63) is 64.9 Å². The van der Waals surface area contributed by atoms with E-state index in [0.29, 0.717) is 24.6 Å². The number of hydrogen-bond donors (Lipinski definition) is 1. The summed E-state index contributed by atoms with van der Waals surface area (Å²) < 4.78 is 6.94. The zero-order valence-electron chi connectivity index (χ0n) is 17.5. The molecule has 1 aliphatic rings. The highest BCUT2D eigenvalue weighted by Gasteiger charge is 2.28. The zero-order chi connectivity index (χ0) is 22.1. The molecule has 0 radical (unpaired) electrons. The normalized spacial score (nSPS) is 14.3. The van der Waals surface area contributed by atoms with Gasteiger partial charge in [-0.2, -0.15) is 0 Å². The number of carbonyl (C=O) groups is 1. The number of hydrogen-bond acceptors (Lipinski definition) is 8. The molecule has 32 heavy (non-hydrogen) atoms. The third-order valence-electron chi connectivity index (χ3n) is 5.52. The molecule has 1 fully saturated rings. The van der Waals surface area contributed by atoms with Crippen molar-refractivity contribution in [3.63, 3.8) is 0 Å². The molecule has 0 bridgehead atoms. The van der Waals surface area contributed by atoms with Gasteiger partial charge in [-0.05, 0) is 37.3 Å². The van der Waals surface area contributed by atoms with Gasteiger partial charge in [0.1, 0.15) is 16.3 Å². The highest BCUT2D eigenvalue weighted by Crippen LogP contribution is 2.34. The van der Waals surface area contributed by atoms with Crippen LogP contribution in [0.3, 0.4) is 0 Å². The molecule has 1 saturated heterocycles. The minimum atomic E-state index is -0.0735. The average Bonchev–Trinajstić information content (AvgIpc) is 3.41. The highest BCUT2D eigenvalue weighted by molar-refractivity contribution is 8.00. The lowest BCUT2D eigenvalue weighted by Crippen LogP contribution is -2.48. The SMILES string of the molecule is Cc1nnc(SCc2c(C(=O)N3CCN(c4ccc(O)cc4)CC3)oc3ccccc23)s1. The van der Waals surface area contributed by atoms with Gasteiger partial charge in [0.15, 0.2) is 10.1 Å². The maximum Gasteiger partial charge on any atom is 0.290 e. The van der Waals surface area contributed by atoms with Crippen LogP contribution in [0.25, 0.3) is 11.0 Å². The summed E-state index contributed by atoms with van der Waals surface area (Å²) in [6.07, 6.45) is 0. The van der Waals surface area contributed by atoms with Gasteiger partial charge in [-0.25, -0.2) is 0 Å². The second-order valence-electron chi connectivity index (χ2n) is 7.58. The summed E-state index contributed by atoms with van der Waals surface area (Å²) in [5, 5.41) is 19.7. The van der Waals surface area contributed by atoms with Gasteiger partial charge in [-0.15, -0.1) is 10.2 Å². The first-order valence-electron chi connectivity index (χ1n) is 10.3. The second kappa shape index (κ2) is 8.84. The summed E-state index contributed by atoms with van der Waals surface area (Å²) in [5.74, 6) is 1.19. The number of rotatable bonds is 5. The number of fused-ring (bicyclic) bond motifs is 1. The fourth-order valence-electron chi connectivity index (χ4n) is 3.86. The maximum atomic E-state index is 13.4. The van der Waals surface area contributed by atoms with E-state index in [2.05, 4.69) is 15.1 Å². The summed E-state index contributed by atoms with van der Waals surface area (Å²) in [6, 6.07) is 15.0. The van der Waals surface area contributed by atoms with Gasteiger partial charge in [0.25, 0.3) is 5.91 Å². The van der Waals surface area contributed by atoms with Crippen molar-refractivity contribution in [2.45, 2.75) is 17.0 Å². The molecular formula is C23H22N4O3S2. The Labute approximate surface area is 193 Å². The van der Waals surface area contributed by atoms with E-state index in [1.165, 1.54) is 0 Å². The topological polar surface area (TPSA) is 82.7 Å². The third kappa shape index (κ3) is 4.18. The van der Waals surface area contributed by atoms with E-state index in [4.69, 9.17) is 4.42 Å². The van der Waals surface area contributed by atoms with Crippen molar-refractivity contribution in [1.29, 1.82) is 0 Å². The number of benzene rings is 2. The standard InChI is InChI=1S/C23H22N4O3S2/c1-15-24-25-23(32-15)31-14-19-18-4-2-3-5-20(18)30-21(19)22(29)27-12-10-26(11-13-27)16-6-8-17(28)9-7-16/h2-9,28H,10-14H2,1H3. The quantitative estimate of drug-likeness (QED) is 0.432. The Hall–Kier alpha value is -3.04. The summed E-state index contributed by atoms with van der Waals surface area (Å²) in [6.45, 7) is 4.61. The number of furan rings is 1. The molecule has 7 nitrogen and oxygen atoms in total. The number of phenols is 1. The average molecular weight is 467 g/mol. The van der Waals surface area contributed by atoms with Crippen LogP contribution < -0.4 is 4.90 Å². The van der Waals surface area contributed by atoms with Crippen molar-refractivity contribution in [2.24, 2.45) is 0 Å². The molecule has 4 aromatic rings. The first kappa shape index (κ1) is 20.8. The Balaban J connectivity index is 1.34. The minimum absolute atomic E-state index is 0.0735. The van der Waals surface area contributed by atoms with Gasteiger partial charge in [0.2, 0.25) is 0 Å². The Morgan fingerprint density at radius 3 is 2.56 bits per heavy atom. The van der Waals surface area contributed by atoms with Crippen molar-refractivity contribution >= 4 is 45.7 Å². The maximum absolute atomic E-state index is 13.4. The van der Waals surface area contributed by atoms with Crippen LogP contribution >= 0.6 is 23.1 Å². The molecule has 164 valence electrons. The van der Waals surface area contributed by atoms with Crippen molar-refractivity contribution < 1.29 is 14.3 Å². The monoisotopic (exact) mass is 466 g/mol. The lowest BCUT2D eigenvalue weighted by Gasteiger charge is -2.35. The molecule has 1 amide bonds. The number of amides is 1. The van der Waals surface area contributed by atoms with E-state index < -0.39 is 0 Å². The molecule has 0 unspecified atom stereocenters. The Kier molecular flexibility index (Phi) is 5.75. The van der Waals surface area contributed by atoms with E-state index in [9.17, 15) is 9.90 Å². The number of phenolic OH excluding ortho intramolecular Hbond substituents is 1. The van der Waals surface area contributed by atoms with Crippen LogP contribution in [-0.4, -0.2) is 52.3 Å². The summed E-state index contributed by atoms with van der Waals surface area (Å²) in [4.78, 5) is 17.5. The first-order valence-corrected chi connectivity index (χ1v) is 12.2. The fourth-order valence-corrected chi connectivity index (χ4v) is 5.70. The number of para-hydroxylation sites is 1. The van der Waals surface area contributed by atoms with Crippen LogP contribution in [0.15, 0.2) is 57.3 Å². The van der Waals surface area contributed by atoms with Gasteiger partial charge in [-0.1, -0.05) is 41.3 Å². The van der Waals surface area contributed by atoms with Crippen molar-refractivity contribution in [3.8, 4) is 5.75 Å². The number of piperazine rings is 1. The number of aryl methyl sites for hydroxylation is 1. The van der Waals surface area contributed by atoms with Crippen LogP contribution in [0.5, 0.6) is 5.75 Å². The number of anilines is 1. The molecule has 0 saturated carbocycles. The van der Waals surface area contributed by atoms with Gasteiger partial charge < -0.3 is 19.3 Å². The lowest BCUT2D eigenvalue weighted by atomic mass is 10.1. The van der Waals surface area contributed by atoms with E-state index in [-0.39, 0.29) is 11.7 Å². The molecular weight excluding hydrogens is 444 g/mol. The summed E-state index contributed by atoms with van der Waals surface area (Å²) in [5.41, 5.74) is 2.68. The molecule has 9 heteroatoms. The summed E-state index contributed by atoms with van der Waals surface area (Å²) >= 11 is 3.13. The van der Waals surface area contributed by atoms with Crippen LogP contribution in [0.2, 0.25) is 0 Å². The molecule has 1 aliphatic heterocycles.